The molecule has 5 nitrogen and oxygen atoms in total. The Morgan fingerprint density at radius 2 is 1.96 bits per heavy atom. The monoisotopic (exact) mass is 345 g/mol. The van der Waals surface area contributed by atoms with Gasteiger partial charge in [0.25, 0.3) is 0 Å². The van der Waals surface area contributed by atoms with Crippen molar-refractivity contribution in [3.05, 3.63) is 59.2 Å². The van der Waals surface area contributed by atoms with Crippen LogP contribution in [0.4, 0.5) is 0 Å². The van der Waals surface area contributed by atoms with Gasteiger partial charge in [-0.25, -0.2) is 0 Å². The molecule has 0 unspecified atom stereocenters. The molecule has 0 amide bonds. The smallest absolute Gasteiger partial charge is 0.207 e. The highest BCUT2D eigenvalue weighted by Crippen LogP contribution is 2.35. The molecule has 0 spiro atoms. The van der Waals surface area contributed by atoms with Gasteiger partial charge in [0.05, 0.1) is 5.56 Å². The fraction of sp³-hybridized carbons (Fsp3) is 0.143. The number of rotatable bonds is 5. The molecule has 5 heteroatoms. The zero-order valence-corrected chi connectivity index (χ0v) is 13.9. The van der Waals surface area contributed by atoms with Crippen LogP contribution in [0.1, 0.15) is 15.9 Å². The van der Waals surface area contributed by atoms with Crippen LogP contribution in [0.25, 0.3) is 6.08 Å². The molecule has 0 N–H and O–H groups in total. The van der Waals surface area contributed by atoms with Crippen molar-refractivity contribution in [2.24, 2.45) is 0 Å². The summed E-state index contributed by atoms with van der Waals surface area (Å²) in [6, 6.07) is 14.0. The Morgan fingerprint density at radius 1 is 1.19 bits per heavy atom. The first-order valence-corrected chi connectivity index (χ1v) is 7.94. The molecule has 0 aromatic heterocycles. The van der Waals surface area contributed by atoms with E-state index in [1.165, 1.54) is 6.08 Å². The number of nitriles is 1. The predicted octanol–water partition coefficient (Wildman–Crippen LogP) is 3.26. The Balaban J connectivity index is 1.87. The van der Waals surface area contributed by atoms with Gasteiger partial charge in [0.2, 0.25) is 5.78 Å². The minimum absolute atomic E-state index is 0.00451. The normalized spacial score (nSPS) is 12.6. The maximum absolute atomic E-state index is 12.8. The van der Waals surface area contributed by atoms with Gasteiger partial charge in [-0.05, 0) is 35.9 Å². The van der Waals surface area contributed by atoms with Crippen molar-refractivity contribution in [2.75, 3.05) is 19.8 Å². The van der Waals surface area contributed by atoms with Crippen molar-refractivity contribution in [2.45, 2.75) is 0 Å². The van der Waals surface area contributed by atoms with E-state index in [2.05, 4.69) is 5.92 Å². The molecule has 0 saturated carbocycles. The number of ketones is 1. The van der Waals surface area contributed by atoms with Crippen LogP contribution < -0.4 is 14.2 Å². The van der Waals surface area contributed by atoms with Gasteiger partial charge in [0, 0.05) is 0 Å². The highest BCUT2D eigenvalue weighted by Gasteiger charge is 2.22. The molecule has 1 heterocycles. The van der Waals surface area contributed by atoms with Gasteiger partial charge < -0.3 is 14.2 Å². The first-order chi connectivity index (χ1) is 12.7. The van der Waals surface area contributed by atoms with E-state index in [4.69, 9.17) is 20.6 Å². The summed E-state index contributed by atoms with van der Waals surface area (Å²) in [5, 5.41) is 9.44. The average molecular weight is 345 g/mol. The third kappa shape index (κ3) is 3.68. The van der Waals surface area contributed by atoms with E-state index in [0.29, 0.717) is 41.6 Å². The molecule has 1 aliphatic rings. The second-order valence-electron chi connectivity index (χ2n) is 5.39. The lowest BCUT2D eigenvalue weighted by molar-refractivity contribution is 0.102. The topological polar surface area (TPSA) is 68.5 Å². The predicted molar refractivity (Wildman–Crippen MR) is 96.1 cm³/mol. The Bertz CT molecular complexity index is 930. The lowest BCUT2D eigenvalue weighted by Crippen LogP contribution is -2.18. The van der Waals surface area contributed by atoms with Gasteiger partial charge in [0.1, 0.15) is 37.2 Å². The van der Waals surface area contributed by atoms with E-state index in [9.17, 15) is 10.1 Å². The lowest BCUT2D eigenvalue weighted by atomic mass is 10.0. The van der Waals surface area contributed by atoms with Gasteiger partial charge in [-0.3, -0.25) is 4.79 Å². The zero-order valence-electron chi connectivity index (χ0n) is 13.9. The van der Waals surface area contributed by atoms with Crippen molar-refractivity contribution < 1.29 is 19.0 Å². The van der Waals surface area contributed by atoms with Crippen molar-refractivity contribution in [1.29, 1.82) is 5.26 Å². The molecule has 2 aromatic rings. The first-order valence-electron chi connectivity index (χ1n) is 7.94. The number of hydrogen-bond donors (Lipinski definition) is 0. The van der Waals surface area contributed by atoms with Crippen LogP contribution in [0.5, 0.6) is 17.2 Å². The Kier molecular flexibility index (Phi) is 5.22. The van der Waals surface area contributed by atoms with Crippen molar-refractivity contribution in [3.63, 3.8) is 0 Å². The van der Waals surface area contributed by atoms with Crippen LogP contribution in [0.2, 0.25) is 0 Å². The SMILES string of the molecule is C#CCOc1ccc(/C=C(\C#N)C(=O)c2cccc3c2OCCO3)cc1. The fourth-order valence-electron chi connectivity index (χ4n) is 2.50. The summed E-state index contributed by atoms with van der Waals surface area (Å²) < 4.78 is 16.3. The molecule has 0 aliphatic carbocycles. The summed E-state index contributed by atoms with van der Waals surface area (Å²) in [5.41, 5.74) is 1.01. The van der Waals surface area contributed by atoms with E-state index in [1.54, 1.807) is 42.5 Å². The van der Waals surface area contributed by atoms with Gasteiger partial charge in [-0.15, -0.1) is 6.42 Å². The number of terminal acetylenes is 1. The van der Waals surface area contributed by atoms with E-state index < -0.39 is 5.78 Å². The Hall–Kier alpha value is -3.70. The second-order valence-corrected chi connectivity index (χ2v) is 5.39. The first kappa shape index (κ1) is 17.1. The minimum Gasteiger partial charge on any atom is -0.486 e. The molecule has 0 radical (unpaired) electrons. The second kappa shape index (κ2) is 7.92. The molecular weight excluding hydrogens is 330 g/mol. The van der Waals surface area contributed by atoms with Gasteiger partial charge in [-0.1, -0.05) is 24.1 Å². The van der Waals surface area contributed by atoms with Gasteiger partial charge in [0.15, 0.2) is 11.5 Å². The molecule has 1 aliphatic heterocycles. The maximum Gasteiger partial charge on any atom is 0.207 e. The number of Topliss-reactive ketones (excluding diaryl/α,β-unsaturated/α-hetero) is 1. The molecule has 2 aromatic carbocycles. The van der Waals surface area contributed by atoms with Crippen LogP contribution in [-0.2, 0) is 0 Å². The average Bonchev–Trinajstić information content (AvgIpc) is 2.70. The summed E-state index contributed by atoms with van der Waals surface area (Å²) in [5.74, 6) is 3.48. The third-order valence-electron chi connectivity index (χ3n) is 3.69. The number of nitrogens with zero attached hydrogens (tertiary/aromatic N) is 1. The largest absolute Gasteiger partial charge is 0.486 e. The van der Waals surface area contributed by atoms with E-state index in [-0.39, 0.29) is 12.2 Å². The van der Waals surface area contributed by atoms with Gasteiger partial charge in [-0.2, -0.15) is 5.26 Å². The fourth-order valence-corrected chi connectivity index (χ4v) is 2.50. The van der Waals surface area contributed by atoms with E-state index in [0.717, 1.165) is 0 Å². The van der Waals surface area contributed by atoms with Crippen LogP contribution in [0.3, 0.4) is 0 Å². The number of para-hydroxylation sites is 1. The van der Waals surface area contributed by atoms with Crippen LogP contribution in [0.15, 0.2) is 48.0 Å². The highest BCUT2D eigenvalue weighted by molar-refractivity contribution is 6.15. The minimum atomic E-state index is -0.414. The summed E-state index contributed by atoms with van der Waals surface area (Å²) in [6.45, 7) is 0.972. The highest BCUT2D eigenvalue weighted by atomic mass is 16.6. The molecule has 128 valence electrons. The number of allylic oxidation sites excluding steroid dienone is 1. The number of hydrogen-bond acceptors (Lipinski definition) is 5. The van der Waals surface area contributed by atoms with Crippen molar-refractivity contribution >= 4 is 11.9 Å². The molecular formula is C21H15NO4. The van der Waals surface area contributed by atoms with E-state index >= 15 is 0 Å². The molecule has 0 fully saturated rings. The Morgan fingerprint density at radius 3 is 2.69 bits per heavy atom. The van der Waals surface area contributed by atoms with Gasteiger partial charge >= 0.3 is 0 Å². The molecule has 0 bridgehead atoms. The number of fused-ring (bicyclic) bond motifs is 1. The third-order valence-corrected chi connectivity index (χ3v) is 3.69. The summed E-state index contributed by atoms with van der Waals surface area (Å²) in [4.78, 5) is 12.8. The van der Waals surface area contributed by atoms with E-state index in [1.807, 2.05) is 6.07 Å². The number of benzene rings is 2. The number of carbonyl (C=O) groups is 1. The standard InChI is InChI=1S/C21H15NO4/c1-2-10-24-17-8-6-15(7-9-17)13-16(14-22)20(23)18-4-3-5-19-21(18)26-12-11-25-19/h1,3-9,13H,10-12H2/b16-13+. The van der Waals surface area contributed by atoms with Crippen molar-refractivity contribution in [3.8, 4) is 35.7 Å². The van der Waals surface area contributed by atoms with Crippen LogP contribution in [0, 0.1) is 23.7 Å². The molecule has 26 heavy (non-hydrogen) atoms. The Labute approximate surface area is 151 Å². The van der Waals surface area contributed by atoms with Crippen LogP contribution >= 0.6 is 0 Å². The molecule has 3 rings (SSSR count). The number of ether oxygens (including phenoxy) is 3. The maximum atomic E-state index is 12.8. The molecule has 0 atom stereocenters. The van der Waals surface area contributed by atoms with Crippen LogP contribution in [-0.4, -0.2) is 25.6 Å². The summed E-state index contributed by atoms with van der Waals surface area (Å²) >= 11 is 0. The zero-order chi connectivity index (χ0) is 18.4. The quantitative estimate of drug-likeness (QED) is 0.360. The number of carbonyl (C=O) groups excluding carboxylic acids is 1. The lowest BCUT2D eigenvalue weighted by Gasteiger charge is -2.20. The molecule has 0 saturated heterocycles. The van der Waals surface area contributed by atoms with Crippen molar-refractivity contribution in [1.82, 2.24) is 0 Å². The summed E-state index contributed by atoms with van der Waals surface area (Å²) in [7, 11) is 0. The summed E-state index contributed by atoms with van der Waals surface area (Å²) in [6.07, 6.45) is 6.67.